The molecule has 4 heterocycles. The van der Waals surface area contributed by atoms with Gasteiger partial charge in [0.1, 0.15) is 17.1 Å². The third-order valence-electron chi connectivity index (χ3n) is 6.54. The fourth-order valence-corrected chi connectivity index (χ4v) is 5.31. The summed E-state index contributed by atoms with van der Waals surface area (Å²) < 4.78 is 88.4. The molecule has 0 radical (unpaired) electrons. The second-order valence-electron chi connectivity index (χ2n) is 9.12. The van der Waals surface area contributed by atoms with Crippen molar-refractivity contribution >= 4 is 32.5 Å². The Morgan fingerprint density at radius 1 is 1.24 bits per heavy atom. The van der Waals surface area contributed by atoms with Crippen molar-refractivity contribution in [3.8, 4) is 17.0 Å². The predicted octanol–water partition coefficient (Wildman–Crippen LogP) is 3.06. The van der Waals surface area contributed by atoms with Gasteiger partial charge in [-0.05, 0) is 37.1 Å². The Labute approximate surface area is 214 Å². The first-order valence-electron chi connectivity index (χ1n) is 11.6. The molecule has 0 spiro atoms. The molecule has 1 aliphatic rings. The number of ether oxygens (including phenoxy) is 1. The van der Waals surface area contributed by atoms with Crippen LogP contribution in [0.3, 0.4) is 0 Å². The summed E-state index contributed by atoms with van der Waals surface area (Å²) >= 11 is 0. The third kappa shape index (κ3) is 4.62. The van der Waals surface area contributed by atoms with Gasteiger partial charge in [-0.1, -0.05) is 11.3 Å². The number of fused-ring (bicyclic) bond motifs is 2. The molecule has 16 heteroatoms. The summed E-state index contributed by atoms with van der Waals surface area (Å²) in [7, 11) is -2.38. The van der Waals surface area contributed by atoms with Crippen LogP contribution in [0.4, 0.5) is 23.5 Å². The van der Waals surface area contributed by atoms with E-state index in [0.717, 1.165) is 15.2 Å². The molecule has 0 aliphatic carbocycles. The van der Waals surface area contributed by atoms with Gasteiger partial charge < -0.3 is 10.1 Å². The summed E-state index contributed by atoms with van der Waals surface area (Å²) in [4.78, 5) is 4.27. The highest BCUT2D eigenvalue weighted by molar-refractivity contribution is 7.88. The summed E-state index contributed by atoms with van der Waals surface area (Å²) in [5, 5.41) is 14.7. The number of benzene rings is 1. The van der Waals surface area contributed by atoms with Crippen LogP contribution in [0.1, 0.15) is 19.4 Å². The topological polar surface area (TPSA) is 120 Å². The number of aromatic nitrogens is 6. The highest BCUT2D eigenvalue weighted by Crippen LogP contribution is 2.35. The molecule has 0 unspecified atom stereocenters. The quantitative estimate of drug-likeness (QED) is 0.345. The van der Waals surface area contributed by atoms with Gasteiger partial charge in [0.25, 0.3) is 12.3 Å². The highest BCUT2D eigenvalue weighted by atomic mass is 32.2. The number of rotatable bonds is 7. The van der Waals surface area contributed by atoms with Gasteiger partial charge in [0.2, 0.25) is 21.9 Å². The van der Waals surface area contributed by atoms with Gasteiger partial charge in [-0.2, -0.15) is 9.29 Å². The molecule has 0 saturated carbocycles. The second kappa shape index (κ2) is 9.34. The van der Waals surface area contributed by atoms with E-state index in [2.05, 4.69) is 25.7 Å². The molecule has 204 valence electrons. The lowest BCUT2D eigenvalue weighted by molar-refractivity contribution is -0.0541. The molecule has 1 N–H and O–H groups in total. The van der Waals surface area contributed by atoms with Gasteiger partial charge in [-0.3, -0.25) is 0 Å². The number of alkyl halides is 4. The van der Waals surface area contributed by atoms with Crippen molar-refractivity contribution < 1.29 is 30.7 Å². The fraction of sp³-hybridized carbons (Fsp3) is 0.455. The average Bonchev–Trinajstić information content (AvgIpc) is 3.47. The van der Waals surface area contributed by atoms with Crippen LogP contribution in [0.2, 0.25) is 0 Å². The first kappa shape index (κ1) is 26.1. The van der Waals surface area contributed by atoms with E-state index in [9.17, 15) is 26.0 Å². The number of sulfonamides is 1. The minimum atomic E-state index is -3.75. The molecule has 4 aromatic rings. The van der Waals surface area contributed by atoms with Crippen LogP contribution in [0.15, 0.2) is 30.5 Å². The van der Waals surface area contributed by atoms with Crippen molar-refractivity contribution in [3.63, 3.8) is 0 Å². The predicted molar refractivity (Wildman–Crippen MR) is 130 cm³/mol. The van der Waals surface area contributed by atoms with Gasteiger partial charge in [0.05, 0.1) is 31.5 Å². The van der Waals surface area contributed by atoms with Crippen LogP contribution < -0.4 is 10.1 Å². The number of hydrogen-bond acceptors (Lipinski definition) is 8. The smallest absolute Gasteiger partial charge is 0.281 e. The van der Waals surface area contributed by atoms with Crippen molar-refractivity contribution in [1.82, 2.24) is 33.9 Å². The van der Waals surface area contributed by atoms with Crippen molar-refractivity contribution in [2.24, 2.45) is 0 Å². The Kier molecular flexibility index (Phi) is 6.41. The number of anilines is 1. The van der Waals surface area contributed by atoms with Gasteiger partial charge in [-0.25, -0.2) is 35.2 Å². The number of piperidine rings is 1. The molecule has 1 aliphatic heterocycles. The lowest BCUT2D eigenvalue weighted by atomic mass is 10.0. The summed E-state index contributed by atoms with van der Waals surface area (Å²) in [6, 6.07) is 4.20. The SMILES string of the molecule is COc1nc(N[C@@H]2CCN(S(C)(=O)=O)CC2(F)F)nn2ccc(-c3ccc4nnn([C@@H](C)C(F)F)c4c3)c12. The lowest BCUT2D eigenvalue weighted by Crippen LogP contribution is -2.55. The van der Waals surface area contributed by atoms with Crippen LogP contribution in [-0.2, 0) is 10.0 Å². The zero-order chi connectivity index (χ0) is 27.4. The molecule has 1 saturated heterocycles. The molecule has 38 heavy (non-hydrogen) atoms. The Hall–Kier alpha value is -3.53. The van der Waals surface area contributed by atoms with E-state index >= 15 is 0 Å². The van der Waals surface area contributed by atoms with E-state index in [1.165, 1.54) is 18.5 Å². The van der Waals surface area contributed by atoms with E-state index in [0.29, 0.717) is 27.7 Å². The molecule has 5 rings (SSSR count). The molecule has 1 fully saturated rings. The summed E-state index contributed by atoms with van der Waals surface area (Å²) in [5.41, 5.74) is 2.53. The first-order valence-corrected chi connectivity index (χ1v) is 13.4. The standard InChI is InChI=1S/C22H24F4N8O3S/c1-12(19(23)24)34-16-10-13(4-5-15(16)29-31-34)14-6-9-33-18(14)20(37-2)28-21(30-33)27-17-7-8-32(38(3,35)36)11-22(17,25)26/h4-6,9-10,12,17,19H,7-8,11H2,1-3H3,(H,27,30)/t12-,17+/m0/s1. The van der Waals surface area contributed by atoms with Crippen molar-refractivity contribution in [3.05, 3.63) is 30.5 Å². The maximum absolute atomic E-state index is 14.8. The zero-order valence-corrected chi connectivity index (χ0v) is 21.3. The molecule has 0 amide bonds. The number of hydrogen-bond donors (Lipinski definition) is 1. The highest BCUT2D eigenvalue weighted by Gasteiger charge is 2.47. The first-order chi connectivity index (χ1) is 17.9. The van der Waals surface area contributed by atoms with Gasteiger partial charge in [0.15, 0.2) is 0 Å². The molecule has 3 aromatic heterocycles. The van der Waals surface area contributed by atoms with E-state index in [1.807, 2.05) is 0 Å². The number of nitrogens with zero attached hydrogens (tertiary/aromatic N) is 7. The maximum atomic E-state index is 14.8. The number of halogens is 4. The minimum absolute atomic E-state index is 0.0722. The normalized spacial score (nSPS) is 19.3. The molecule has 0 bridgehead atoms. The molecule has 11 nitrogen and oxygen atoms in total. The number of nitrogens with one attached hydrogen (secondary N) is 1. The Morgan fingerprint density at radius 2 is 2.00 bits per heavy atom. The zero-order valence-electron chi connectivity index (χ0n) is 20.5. The van der Waals surface area contributed by atoms with E-state index in [-0.39, 0.29) is 24.8 Å². The summed E-state index contributed by atoms with van der Waals surface area (Å²) in [6.07, 6.45) is -0.306. The Morgan fingerprint density at radius 3 is 2.66 bits per heavy atom. The van der Waals surface area contributed by atoms with Crippen LogP contribution >= 0.6 is 0 Å². The van der Waals surface area contributed by atoms with Crippen LogP contribution in [0.5, 0.6) is 5.88 Å². The Balaban J connectivity index is 1.49. The van der Waals surface area contributed by atoms with Gasteiger partial charge in [0, 0.05) is 18.3 Å². The molecule has 1 aromatic carbocycles. The van der Waals surface area contributed by atoms with Gasteiger partial charge >= 0.3 is 0 Å². The second-order valence-corrected chi connectivity index (χ2v) is 11.1. The number of methoxy groups -OCH3 is 1. The van der Waals surface area contributed by atoms with E-state index < -0.39 is 41.0 Å². The van der Waals surface area contributed by atoms with E-state index in [1.54, 1.807) is 30.5 Å². The van der Waals surface area contributed by atoms with Gasteiger partial charge in [-0.15, -0.1) is 10.2 Å². The monoisotopic (exact) mass is 556 g/mol. The summed E-state index contributed by atoms with van der Waals surface area (Å²) in [5.74, 6) is -3.40. The Bertz CT molecular complexity index is 1610. The largest absolute Gasteiger partial charge is 0.479 e. The van der Waals surface area contributed by atoms with Crippen molar-refractivity contribution in [2.45, 2.75) is 37.8 Å². The van der Waals surface area contributed by atoms with Crippen molar-refractivity contribution in [2.75, 3.05) is 31.8 Å². The minimum Gasteiger partial charge on any atom is -0.479 e. The van der Waals surface area contributed by atoms with Crippen LogP contribution in [0.25, 0.3) is 27.7 Å². The maximum Gasteiger partial charge on any atom is 0.281 e. The fourth-order valence-electron chi connectivity index (χ4n) is 4.46. The van der Waals surface area contributed by atoms with Crippen LogP contribution in [0, 0.1) is 0 Å². The third-order valence-corrected chi connectivity index (χ3v) is 7.79. The molecule has 2 atom stereocenters. The molecular formula is C22H24F4N8O3S. The van der Waals surface area contributed by atoms with E-state index in [4.69, 9.17) is 4.74 Å². The summed E-state index contributed by atoms with van der Waals surface area (Å²) in [6.45, 7) is 0.324. The van der Waals surface area contributed by atoms with Crippen LogP contribution in [-0.4, -0.2) is 87.2 Å². The van der Waals surface area contributed by atoms with Crippen molar-refractivity contribution in [1.29, 1.82) is 0 Å². The lowest BCUT2D eigenvalue weighted by Gasteiger charge is -2.37. The average molecular weight is 557 g/mol. The molecular weight excluding hydrogens is 532 g/mol.